The molecule has 1 heterocycles. The number of esters is 1. The molecule has 0 aliphatic carbocycles. The number of carbonyl (C=O) groups excluding carboxylic acids is 3. The lowest BCUT2D eigenvalue weighted by Gasteiger charge is -2.13. The molecular weight excluding hydrogens is 524 g/mol. The Morgan fingerprint density at radius 1 is 1.00 bits per heavy atom. The van der Waals surface area contributed by atoms with Gasteiger partial charge in [-0.25, -0.2) is 4.79 Å². The lowest BCUT2D eigenvalue weighted by Crippen LogP contribution is -2.32. The summed E-state index contributed by atoms with van der Waals surface area (Å²) in [7, 11) is 0. The van der Waals surface area contributed by atoms with Crippen molar-refractivity contribution in [2.24, 2.45) is 0 Å². The lowest BCUT2D eigenvalue weighted by atomic mass is 10.1. The van der Waals surface area contributed by atoms with Crippen LogP contribution in [0.25, 0.3) is 6.08 Å². The number of nitro groups is 1. The summed E-state index contributed by atoms with van der Waals surface area (Å²) < 4.78 is 16.7. The van der Waals surface area contributed by atoms with Crippen molar-refractivity contribution < 1.29 is 33.5 Å². The first kappa shape index (κ1) is 27.4. The third-order valence-electron chi connectivity index (χ3n) is 5.56. The number of non-ortho nitro benzene ring substituents is 1. The smallest absolute Gasteiger partial charge is 0.343 e. The summed E-state index contributed by atoms with van der Waals surface area (Å²) in [5, 5.41) is 10.4. The van der Waals surface area contributed by atoms with Gasteiger partial charge in [-0.05, 0) is 73.6 Å². The number of benzene rings is 3. The normalized spacial score (nSPS) is 14.0. The van der Waals surface area contributed by atoms with Crippen molar-refractivity contribution >= 4 is 40.6 Å². The highest BCUT2D eigenvalue weighted by Gasteiger charge is 2.34. The number of hydrogen-bond acceptors (Lipinski definition) is 9. The van der Waals surface area contributed by atoms with Crippen LogP contribution in [0, 0.1) is 17.0 Å². The summed E-state index contributed by atoms with van der Waals surface area (Å²) >= 11 is 0.828. The van der Waals surface area contributed by atoms with Crippen molar-refractivity contribution in [1.29, 1.82) is 0 Å². The maximum absolute atomic E-state index is 12.9. The fourth-order valence-electron chi connectivity index (χ4n) is 3.58. The summed E-state index contributed by atoms with van der Waals surface area (Å²) in [5.41, 5.74) is 1.65. The van der Waals surface area contributed by atoms with Crippen LogP contribution in [0.5, 0.6) is 17.2 Å². The largest absolute Gasteiger partial charge is 0.492 e. The SMILES string of the molecule is CCOc1cc(/C=C2\SC(=O)N(CCOc3ccc(C)cc3)C2=O)ccc1OC(=O)c1ccc([N+](=O)[O-])cc1. The first-order chi connectivity index (χ1) is 18.7. The molecule has 0 radical (unpaired) electrons. The Bertz CT molecular complexity index is 1430. The highest BCUT2D eigenvalue weighted by molar-refractivity contribution is 8.18. The van der Waals surface area contributed by atoms with E-state index in [2.05, 4.69) is 0 Å². The van der Waals surface area contributed by atoms with Crippen LogP contribution in [-0.2, 0) is 4.79 Å². The van der Waals surface area contributed by atoms with Crippen molar-refractivity contribution in [3.05, 3.63) is 98.4 Å². The van der Waals surface area contributed by atoms with E-state index in [1.54, 1.807) is 25.1 Å². The molecular formula is C28H24N2O8S. The number of amides is 2. The Balaban J connectivity index is 1.43. The topological polar surface area (TPSA) is 125 Å². The number of hydrogen-bond donors (Lipinski definition) is 0. The van der Waals surface area contributed by atoms with Crippen molar-refractivity contribution in [3.8, 4) is 17.2 Å². The zero-order valence-electron chi connectivity index (χ0n) is 21.1. The number of aryl methyl sites for hydroxylation is 1. The van der Waals surface area contributed by atoms with E-state index in [1.165, 1.54) is 30.3 Å². The fraction of sp³-hybridized carbons (Fsp3) is 0.179. The number of thioether (sulfide) groups is 1. The van der Waals surface area contributed by atoms with Gasteiger partial charge in [0.2, 0.25) is 0 Å². The molecule has 10 nitrogen and oxygen atoms in total. The Hall–Kier alpha value is -4.64. The predicted molar refractivity (Wildman–Crippen MR) is 145 cm³/mol. The maximum atomic E-state index is 12.9. The van der Waals surface area contributed by atoms with Gasteiger partial charge in [-0.2, -0.15) is 0 Å². The second-order valence-electron chi connectivity index (χ2n) is 8.33. The Morgan fingerprint density at radius 3 is 2.38 bits per heavy atom. The molecule has 0 aromatic heterocycles. The van der Waals surface area contributed by atoms with Crippen LogP contribution in [-0.4, -0.2) is 46.7 Å². The zero-order chi connectivity index (χ0) is 27.9. The number of carbonyl (C=O) groups is 3. The number of nitrogens with zero attached hydrogens (tertiary/aromatic N) is 2. The predicted octanol–water partition coefficient (Wildman–Crippen LogP) is 5.64. The number of nitro benzene ring substituents is 1. The van der Waals surface area contributed by atoms with Gasteiger partial charge in [0.25, 0.3) is 16.8 Å². The highest BCUT2D eigenvalue weighted by Crippen LogP contribution is 2.35. The zero-order valence-corrected chi connectivity index (χ0v) is 21.9. The minimum atomic E-state index is -0.715. The van der Waals surface area contributed by atoms with E-state index in [4.69, 9.17) is 14.2 Å². The minimum absolute atomic E-state index is 0.109. The molecule has 1 aliphatic rings. The van der Waals surface area contributed by atoms with Crippen molar-refractivity contribution in [2.45, 2.75) is 13.8 Å². The Labute approximate surface area is 228 Å². The Kier molecular flexibility index (Phi) is 8.62. The monoisotopic (exact) mass is 548 g/mol. The molecule has 0 spiro atoms. The summed E-state index contributed by atoms with van der Waals surface area (Å²) in [4.78, 5) is 49.5. The molecule has 2 amide bonds. The molecule has 1 saturated heterocycles. The van der Waals surface area contributed by atoms with Gasteiger partial charge in [0.15, 0.2) is 11.5 Å². The fourth-order valence-corrected chi connectivity index (χ4v) is 4.44. The van der Waals surface area contributed by atoms with Crippen LogP contribution in [0.2, 0.25) is 0 Å². The van der Waals surface area contributed by atoms with E-state index < -0.39 is 22.0 Å². The molecule has 39 heavy (non-hydrogen) atoms. The molecule has 4 rings (SSSR count). The molecule has 0 bridgehead atoms. The van der Waals surface area contributed by atoms with Gasteiger partial charge in [-0.15, -0.1) is 0 Å². The van der Waals surface area contributed by atoms with E-state index >= 15 is 0 Å². The molecule has 1 fully saturated rings. The molecule has 0 unspecified atom stereocenters. The average molecular weight is 549 g/mol. The van der Waals surface area contributed by atoms with E-state index in [9.17, 15) is 24.5 Å². The van der Waals surface area contributed by atoms with Crippen LogP contribution >= 0.6 is 11.8 Å². The highest BCUT2D eigenvalue weighted by atomic mass is 32.2. The van der Waals surface area contributed by atoms with Crippen molar-refractivity contribution in [2.75, 3.05) is 19.8 Å². The van der Waals surface area contributed by atoms with Crippen LogP contribution in [0.1, 0.15) is 28.4 Å². The molecule has 0 atom stereocenters. The first-order valence-corrected chi connectivity index (χ1v) is 12.7. The van der Waals surface area contributed by atoms with Gasteiger partial charge in [0.05, 0.1) is 28.5 Å². The van der Waals surface area contributed by atoms with Crippen molar-refractivity contribution in [1.82, 2.24) is 4.90 Å². The quantitative estimate of drug-likeness (QED) is 0.104. The average Bonchev–Trinajstić information content (AvgIpc) is 3.18. The van der Waals surface area contributed by atoms with E-state index in [0.717, 1.165) is 22.2 Å². The molecule has 1 aliphatic heterocycles. The summed E-state index contributed by atoms with van der Waals surface area (Å²) in [5.74, 6) is -0.0939. The van der Waals surface area contributed by atoms with Crippen LogP contribution in [0.4, 0.5) is 10.5 Å². The van der Waals surface area contributed by atoms with Crippen LogP contribution < -0.4 is 14.2 Å². The van der Waals surface area contributed by atoms with Gasteiger partial charge in [0.1, 0.15) is 12.4 Å². The number of rotatable bonds is 10. The third-order valence-corrected chi connectivity index (χ3v) is 6.47. The second kappa shape index (κ2) is 12.3. The van der Waals surface area contributed by atoms with Gasteiger partial charge >= 0.3 is 5.97 Å². The van der Waals surface area contributed by atoms with Crippen LogP contribution in [0.3, 0.4) is 0 Å². The molecule has 0 saturated carbocycles. The molecule has 11 heteroatoms. The van der Waals surface area contributed by atoms with E-state index in [0.29, 0.717) is 11.3 Å². The summed E-state index contributed by atoms with van der Waals surface area (Å²) in [6, 6.07) is 17.2. The van der Waals surface area contributed by atoms with Crippen LogP contribution in [0.15, 0.2) is 71.6 Å². The van der Waals surface area contributed by atoms with Gasteiger partial charge in [-0.1, -0.05) is 23.8 Å². The molecule has 3 aromatic rings. The van der Waals surface area contributed by atoms with Gasteiger partial charge in [-0.3, -0.25) is 24.6 Å². The molecule has 200 valence electrons. The first-order valence-electron chi connectivity index (χ1n) is 11.9. The summed E-state index contributed by atoms with van der Waals surface area (Å²) in [6.45, 7) is 4.28. The molecule has 0 N–H and O–H groups in total. The Morgan fingerprint density at radius 2 is 1.72 bits per heavy atom. The van der Waals surface area contributed by atoms with Gasteiger partial charge in [0, 0.05) is 12.1 Å². The van der Waals surface area contributed by atoms with E-state index in [-0.39, 0.29) is 47.4 Å². The third kappa shape index (κ3) is 6.82. The number of ether oxygens (including phenoxy) is 3. The standard InChI is InChI=1S/C28H24N2O8S/c1-3-36-24-16-19(6-13-23(24)38-27(32)20-7-9-21(10-8-20)30(34)35)17-25-26(31)29(28(33)39-25)14-15-37-22-11-4-18(2)5-12-22/h4-13,16-17H,3,14-15H2,1-2H3/b25-17-. The number of imide groups is 1. The lowest BCUT2D eigenvalue weighted by molar-refractivity contribution is -0.384. The van der Waals surface area contributed by atoms with Gasteiger partial charge < -0.3 is 14.2 Å². The molecule has 3 aromatic carbocycles. The summed E-state index contributed by atoms with van der Waals surface area (Å²) in [6.07, 6.45) is 1.57. The minimum Gasteiger partial charge on any atom is -0.492 e. The van der Waals surface area contributed by atoms with Crippen molar-refractivity contribution in [3.63, 3.8) is 0 Å². The maximum Gasteiger partial charge on any atom is 0.343 e. The second-order valence-corrected chi connectivity index (χ2v) is 9.32. The van der Waals surface area contributed by atoms with E-state index in [1.807, 2.05) is 31.2 Å².